The number of hydrogen-bond acceptors (Lipinski definition) is 3. The number of hydrogen-bond donors (Lipinski definition) is 3. The number of carboxylic acid groups (broad SMARTS) is 1. The maximum atomic E-state index is 12.3. The van der Waals surface area contributed by atoms with Crippen LogP contribution in [-0.2, 0) is 11.2 Å². The Labute approximate surface area is 145 Å². The van der Waals surface area contributed by atoms with Gasteiger partial charge in [0.05, 0.1) is 17.3 Å². The molecule has 5 heteroatoms. The lowest BCUT2D eigenvalue weighted by atomic mass is 10.0. The number of para-hydroxylation sites is 1. The van der Waals surface area contributed by atoms with Crippen LogP contribution >= 0.6 is 0 Å². The molecule has 25 heavy (non-hydrogen) atoms. The van der Waals surface area contributed by atoms with Crippen LogP contribution in [0.5, 0.6) is 0 Å². The van der Waals surface area contributed by atoms with Crippen molar-refractivity contribution in [2.24, 2.45) is 5.73 Å². The van der Waals surface area contributed by atoms with Crippen molar-refractivity contribution in [2.75, 3.05) is 5.32 Å². The van der Waals surface area contributed by atoms with Crippen LogP contribution in [0.1, 0.15) is 15.9 Å². The standard InChI is InChI=1S/C20H18N2O3/c21-17(12-13-9-10-14-5-1-2-6-15(14)11-13)19(23)22-18-8-4-3-7-16(18)20(24)25/h1-11,17H,12,21H2,(H,22,23)(H,24,25). The zero-order chi connectivity index (χ0) is 17.8. The molecule has 3 aromatic carbocycles. The van der Waals surface area contributed by atoms with Crippen LogP contribution in [0.15, 0.2) is 66.7 Å². The van der Waals surface area contributed by atoms with Gasteiger partial charge in [-0.25, -0.2) is 4.79 Å². The van der Waals surface area contributed by atoms with Gasteiger partial charge >= 0.3 is 5.97 Å². The highest BCUT2D eigenvalue weighted by atomic mass is 16.4. The molecule has 4 N–H and O–H groups in total. The number of benzene rings is 3. The van der Waals surface area contributed by atoms with Gasteiger partial charge in [-0.1, -0.05) is 54.6 Å². The van der Waals surface area contributed by atoms with Crippen molar-refractivity contribution < 1.29 is 14.7 Å². The predicted molar refractivity (Wildman–Crippen MR) is 97.7 cm³/mol. The second kappa shape index (κ2) is 7.15. The van der Waals surface area contributed by atoms with Crippen LogP contribution in [0.25, 0.3) is 10.8 Å². The zero-order valence-corrected chi connectivity index (χ0v) is 13.5. The maximum Gasteiger partial charge on any atom is 0.337 e. The van der Waals surface area contributed by atoms with Crippen molar-refractivity contribution in [2.45, 2.75) is 12.5 Å². The minimum Gasteiger partial charge on any atom is -0.478 e. The Bertz CT molecular complexity index is 937. The van der Waals surface area contributed by atoms with Crippen LogP contribution in [0.2, 0.25) is 0 Å². The van der Waals surface area contributed by atoms with Gasteiger partial charge in [-0.2, -0.15) is 0 Å². The first-order valence-electron chi connectivity index (χ1n) is 7.91. The third kappa shape index (κ3) is 3.84. The third-order valence-electron chi connectivity index (χ3n) is 4.02. The van der Waals surface area contributed by atoms with Gasteiger partial charge in [0.25, 0.3) is 0 Å². The molecule has 3 aromatic rings. The molecule has 0 aliphatic rings. The molecule has 0 aliphatic heterocycles. The Kier molecular flexibility index (Phi) is 4.77. The minimum absolute atomic E-state index is 0.0359. The van der Waals surface area contributed by atoms with Gasteiger partial charge in [0.1, 0.15) is 0 Å². The number of rotatable bonds is 5. The summed E-state index contributed by atoms with van der Waals surface area (Å²) in [5, 5.41) is 14.0. The van der Waals surface area contributed by atoms with E-state index in [1.807, 2.05) is 42.5 Å². The lowest BCUT2D eigenvalue weighted by molar-refractivity contribution is -0.117. The summed E-state index contributed by atoms with van der Waals surface area (Å²) < 4.78 is 0. The molecule has 0 saturated carbocycles. The van der Waals surface area contributed by atoms with Crippen molar-refractivity contribution in [1.29, 1.82) is 0 Å². The number of fused-ring (bicyclic) bond motifs is 1. The molecule has 5 nitrogen and oxygen atoms in total. The highest BCUT2D eigenvalue weighted by molar-refractivity contribution is 6.02. The first-order valence-corrected chi connectivity index (χ1v) is 7.91. The number of aromatic carboxylic acids is 1. The molecule has 0 bridgehead atoms. The monoisotopic (exact) mass is 334 g/mol. The molecule has 1 amide bonds. The molecule has 0 aliphatic carbocycles. The average Bonchev–Trinajstić information content (AvgIpc) is 2.61. The molecule has 1 unspecified atom stereocenters. The van der Waals surface area contributed by atoms with E-state index in [0.29, 0.717) is 6.42 Å². The van der Waals surface area contributed by atoms with Gasteiger partial charge in [-0.05, 0) is 34.9 Å². The summed E-state index contributed by atoms with van der Waals surface area (Å²) in [5.41, 5.74) is 7.24. The van der Waals surface area contributed by atoms with Crippen molar-refractivity contribution >= 4 is 28.3 Å². The van der Waals surface area contributed by atoms with Crippen molar-refractivity contribution in [3.63, 3.8) is 0 Å². The fourth-order valence-electron chi connectivity index (χ4n) is 2.72. The second-order valence-electron chi connectivity index (χ2n) is 5.83. The zero-order valence-electron chi connectivity index (χ0n) is 13.5. The normalized spacial score (nSPS) is 11.9. The molecule has 0 spiro atoms. The fourth-order valence-corrected chi connectivity index (χ4v) is 2.72. The van der Waals surface area contributed by atoms with E-state index < -0.39 is 17.9 Å². The average molecular weight is 334 g/mol. The summed E-state index contributed by atoms with van der Waals surface area (Å²) in [6.45, 7) is 0. The number of carbonyl (C=O) groups excluding carboxylic acids is 1. The summed E-state index contributed by atoms with van der Waals surface area (Å²) >= 11 is 0. The highest BCUT2D eigenvalue weighted by Crippen LogP contribution is 2.18. The smallest absolute Gasteiger partial charge is 0.337 e. The Morgan fingerprint density at radius 2 is 1.64 bits per heavy atom. The van der Waals surface area contributed by atoms with Crippen LogP contribution in [0.4, 0.5) is 5.69 Å². The molecule has 0 radical (unpaired) electrons. The lowest BCUT2D eigenvalue weighted by Crippen LogP contribution is -2.37. The van der Waals surface area contributed by atoms with Gasteiger partial charge in [0.2, 0.25) is 5.91 Å². The van der Waals surface area contributed by atoms with Crippen LogP contribution in [0, 0.1) is 0 Å². The van der Waals surface area contributed by atoms with E-state index in [1.54, 1.807) is 18.2 Å². The summed E-state index contributed by atoms with van der Waals surface area (Å²) in [6, 6.07) is 19.4. The number of nitrogens with two attached hydrogens (primary N) is 1. The molecule has 126 valence electrons. The van der Waals surface area contributed by atoms with Crippen molar-refractivity contribution in [1.82, 2.24) is 0 Å². The Morgan fingerprint density at radius 3 is 2.40 bits per heavy atom. The van der Waals surface area contributed by atoms with Crippen LogP contribution < -0.4 is 11.1 Å². The molecule has 0 fully saturated rings. The lowest BCUT2D eigenvalue weighted by Gasteiger charge is -2.14. The number of anilines is 1. The van der Waals surface area contributed by atoms with Gasteiger partial charge in [-0.3, -0.25) is 4.79 Å². The van der Waals surface area contributed by atoms with Crippen molar-refractivity contribution in [3.8, 4) is 0 Å². The molecule has 1 atom stereocenters. The Morgan fingerprint density at radius 1 is 0.960 bits per heavy atom. The minimum atomic E-state index is -1.10. The van der Waals surface area contributed by atoms with E-state index in [4.69, 9.17) is 5.73 Å². The van der Waals surface area contributed by atoms with Gasteiger partial charge in [-0.15, -0.1) is 0 Å². The summed E-state index contributed by atoms with van der Waals surface area (Å²) in [7, 11) is 0. The summed E-state index contributed by atoms with van der Waals surface area (Å²) in [5.74, 6) is -1.51. The fraction of sp³-hybridized carbons (Fsp3) is 0.100. The molecule has 0 saturated heterocycles. The number of carboxylic acids is 1. The van der Waals surface area contributed by atoms with E-state index in [-0.39, 0.29) is 11.3 Å². The third-order valence-corrected chi connectivity index (χ3v) is 4.02. The van der Waals surface area contributed by atoms with Gasteiger partial charge in [0.15, 0.2) is 0 Å². The number of amides is 1. The SMILES string of the molecule is NC(Cc1ccc2ccccc2c1)C(=O)Nc1ccccc1C(=O)O. The van der Waals surface area contributed by atoms with E-state index in [9.17, 15) is 14.7 Å². The van der Waals surface area contributed by atoms with Crippen LogP contribution in [-0.4, -0.2) is 23.0 Å². The topological polar surface area (TPSA) is 92.4 Å². The maximum absolute atomic E-state index is 12.3. The Balaban J connectivity index is 1.73. The van der Waals surface area contributed by atoms with E-state index in [2.05, 4.69) is 5.32 Å². The van der Waals surface area contributed by atoms with E-state index >= 15 is 0 Å². The quantitative estimate of drug-likeness (QED) is 0.668. The van der Waals surface area contributed by atoms with E-state index in [0.717, 1.165) is 16.3 Å². The summed E-state index contributed by atoms with van der Waals surface area (Å²) in [6.07, 6.45) is 0.367. The first-order chi connectivity index (χ1) is 12.0. The second-order valence-corrected chi connectivity index (χ2v) is 5.83. The molecular weight excluding hydrogens is 316 g/mol. The van der Waals surface area contributed by atoms with Gasteiger partial charge < -0.3 is 16.2 Å². The van der Waals surface area contributed by atoms with Gasteiger partial charge in [0, 0.05) is 0 Å². The molecule has 0 aromatic heterocycles. The molecular formula is C20H18N2O3. The molecule has 0 heterocycles. The summed E-state index contributed by atoms with van der Waals surface area (Å²) in [4.78, 5) is 23.5. The predicted octanol–water partition coefficient (Wildman–Crippen LogP) is 3.05. The van der Waals surface area contributed by atoms with Crippen molar-refractivity contribution in [3.05, 3.63) is 77.9 Å². The number of carbonyl (C=O) groups is 2. The van der Waals surface area contributed by atoms with E-state index in [1.165, 1.54) is 6.07 Å². The number of nitrogens with one attached hydrogen (secondary N) is 1. The highest BCUT2D eigenvalue weighted by Gasteiger charge is 2.17. The largest absolute Gasteiger partial charge is 0.478 e. The van der Waals surface area contributed by atoms with Crippen LogP contribution in [0.3, 0.4) is 0 Å². The Hall–Kier alpha value is -3.18. The molecule has 3 rings (SSSR count). The first kappa shape index (κ1) is 16.7.